The third kappa shape index (κ3) is 5.76. The van der Waals surface area contributed by atoms with Gasteiger partial charge in [0.15, 0.2) is 0 Å². The Morgan fingerprint density at radius 1 is 1.42 bits per heavy atom. The van der Waals surface area contributed by atoms with E-state index < -0.39 is 6.09 Å². The second-order valence-corrected chi connectivity index (χ2v) is 4.43. The number of nitrogens with one attached hydrogen (secondary N) is 2. The van der Waals surface area contributed by atoms with Gasteiger partial charge < -0.3 is 15.2 Å². The largest absolute Gasteiger partial charge is 0.484 e. The molecule has 0 aliphatic carbocycles. The van der Waals surface area contributed by atoms with Gasteiger partial charge in [0.05, 0.1) is 12.3 Å². The Hall–Kier alpha value is -2.24. The third-order valence-electron chi connectivity index (χ3n) is 2.05. The average Bonchev–Trinajstić information content (AvgIpc) is 2.35. The molecule has 0 heterocycles. The summed E-state index contributed by atoms with van der Waals surface area (Å²) in [5.41, 5.74) is 5.70. The van der Waals surface area contributed by atoms with Crippen LogP contribution in [0.25, 0.3) is 0 Å². The fourth-order valence-electron chi connectivity index (χ4n) is 1.24. The van der Waals surface area contributed by atoms with Crippen LogP contribution in [0.1, 0.15) is 13.8 Å². The highest BCUT2D eigenvalue weighted by Gasteiger charge is 2.09. The number of para-hydroxylation sites is 2. The molecule has 0 aromatic heterocycles. The van der Waals surface area contributed by atoms with Crippen LogP contribution in [0.5, 0.6) is 5.75 Å². The molecule has 1 aromatic carbocycles. The molecule has 1 rings (SSSR count). The maximum absolute atomic E-state index is 11.6. The Balaban J connectivity index is 2.61. The summed E-state index contributed by atoms with van der Waals surface area (Å²) in [7, 11) is 0. The molecule has 0 aliphatic rings. The first-order valence-electron chi connectivity index (χ1n) is 5.97. The van der Waals surface area contributed by atoms with Crippen LogP contribution in [-0.2, 0) is 4.74 Å². The number of hydrogen-bond donors (Lipinski definition) is 3. The molecule has 0 unspecified atom stereocenters. The zero-order valence-electron chi connectivity index (χ0n) is 11.1. The van der Waals surface area contributed by atoms with E-state index in [1.807, 2.05) is 13.8 Å². The van der Waals surface area contributed by atoms with Crippen molar-refractivity contribution in [3.63, 3.8) is 0 Å². The lowest BCUT2D eigenvalue weighted by Crippen LogP contribution is -2.21. The monoisotopic (exact) mass is 265 g/mol. The normalized spacial score (nSPS) is 10.1. The molecule has 0 saturated carbocycles. The Morgan fingerprint density at radius 2 is 2.11 bits per heavy atom. The summed E-state index contributed by atoms with van der Waals surface area (Å²) in [4.78, 5) is 11.6. The van der Waals surface area contributed by atoms with Crippen molar-refractivity contribution in [2.45, 2.75) is 13.8 Å². The van der Waals surface area contributed by atoms with Crippen LogP contribution < -0.4 is 15.8 Å². The SMILES string of the molecule is CC(C)COC(=O)Nc1ccccc1OCC(=N)N. The van der Waals surface area contributed by atoms with Gasteiger partial charge in [-0.15, -0.1) is 0 Å². The summed E-state index contributed by atoms with van der Waals surface area (Å²) in [6, 6.07) is 6.89. The number of anilines is 1. The summed E-state index contributed by atoms with van der Waals surface area (Å²) in [6.07, 6.45) is -0.535. The number of rotatable bonds is 6. The molecule has 0 atom stereocenters. The predicted molar refractivity (Wildman–Crippen MR) is 73.7 cm³/mol. The predicted octanol–water partition coefficient (Wildman–Crippen LogP) is 2.21. The van der Waals surface area contributed by atoms with Crippen LogP contribution in [-0.4, -0.2) is 25.1 Å². The van der Waals surface area contributed by atoms with Crippen LogP contribution in [0.3, 0.4) is 0 Å². The highest BCUT2D eigenvalue weighted by molar-refractivity contribution is 5.87. The van der Waals surface area contributed by atoms with Crippen molar-refractivity contribution in [1.82, 2.24) is 0 Å². The van der Waals surface area contributed by atoms with Gasteiger partial charge in [0.25, 0.3) is 0 Å². The molecule has 0 saturated heterocycles. The van der Waals surface area contributed by atoms with Gasteiger partial charge in [0.1, 0.15) is 18.2 Å². The van der Waals surface area contributed by atoms with E-state index in [-0.39, 0.29) is 18.4 Å². The molecule has 1 aromatic rings. The second-order valence-electron chi connectivity index (χ2n) is 4.43. The van der Waals surface area contributed by atoms with E-state index in [0.717, 1.165) is 0 Å². The van der Waals surface area contributed by atoms with Crippen molar-refractivity contribution in [1.29, 1.82) is 5.41 Å². The van der Waals surface area contributed by atoms with Gasteiger partial charge in [-0.1, -0.05) is 26.0 Å². The molecule has 19 heavy (non-hydrogen) atoms. The van der Waals surface area contributed by atoms with Crippen molar-refractivity contribution >= 4 is 17.6 Å². The zero-order chi connectivity index (χ0) is 14.3. The van der Waals surface area contributed by atoms with Crippen molar-refractivity contribution < 1.29 is 14.3 Å². The zero-order valence-corrected chi connectivity index (χ0v) is 11.1. The molecular formula is C13H19N3O3. The Labute approximate surface area is 112 Å². The van der Waals surface area contributed by atoms with Gasteiger partial charge in [-0.3, -0.25) is 10.7 Å². The summed E-state index contributed by atoms with van der Waals surface area (Å²) in [5, 5.41) is 9.70. The van der Waals surface area contributed by atoms with E-state index in [2.05, 4.69) is 5.32 Å². The third-order valence-corrected chi connectivity index (χ3v) is 2.05. The first-order chi connectivity index (χ1) is 8.99. The number of benzene rings is 1. The van der Waals surface area contributed by atoms with Crippen LogP contribution in [0.15, 0.2) is 24.3 Å². The fraction of sp³-hybridized carbons (Fsp3) is 0.385. The molecule has 4 N–H and O–H groups in total. The van der Waals surface area contributed by atoms with Crippen LogP contribution >= 0.6 is 0 Å². The van der Waals surface area contributed by atoms with Gasteiger partial charge in [-0.2, -0.15) is 0 Å². The molecule has 0 aliphatic heterocycles. The topological polar surface area (TPSA) is 97.4 Å². The quantitative estimate of drug-likeness (QED) is 0.542. The number of ether oxygens (including phenoxy) is 2. The van der Waals surface area contributed by atoms with Crippen LogP contribution in [0, 0.1) is 11.3 Å². The van der Waals surface area contributed by atoms with E-state index in [1.54, 1.807) is 24.3 Å². The summed E-state index contributed by atoms with van der Waals surface area (Å²) < 4.78 is 10.3. The Kier molecular flexibility index (Phi) is 5.66. The second kappa shape index (κ2) is 7.25. The van der Waals surface area contributed by atoms with E-state index in [4.69, 9.17) is 20.6 Å². The molecule has 1 amide bonds. The number of amidine groups is 1. The van der Waals surface area contributed by atoms with Crippen LogP contribution in [0.2, 0.25) is 0 Å². The lowest BCUT2D eigenvalue weighted by atomic mass is 10.2. The van der Waals surface area contributed by atoms with Crippen molar-refractivity contribution in [2.24, 2.45) is 11.7 Å². The number of carbonyl (C=O) groups is 1. The number of carbonyl (C=O) groups excluding carboxylic acids is 1. The van der Waals surface area contributed by atoms with Gasteiger partial charge in [0, 0.05) is 0 Å². The van der Waals surface area contributed by atoms with Crippen molar-refractivity contribution in [3.05, 3.63) is 24.3 Å². The number of amides is 1. The van der Waals surface area contributed by atoms with E-state index in [9.17, 15) is 4.79 Å². The number of hydrogen-bond acceptors (Lipinski definition) is 4. The van der Waals surface area contributed by atoms with Gasteiger partial charge in [-0.25, -0.2) is 4.79 Å². The Morgan fingerprint density at radius 3 is 2.74 bits per heavy atom. The maximum Gasteiger partial charge on any atom is 0.411 e. The first kappa shape index (κ1) is 14.8. The summed E-state index contributed by atoms with van der Waals surface area (Å²) >= 11 is 0. The average molecular weight is 265 g/mol. The minimum atomic E-state index is -0.535. The summed E-state index contributed by atoms with van der Waals surface area (Å²) in [6.45, 7) is 4.23. The van der Waals surface area contributed by atoms with E-state index in [0.29, 0.717) is 18.0 Å². The number of nitrogens with two attached hydrogens (primary N) is 1. The van der Waals surface area contributed by atoms with Gasteiger partial charge >= 0.3 is 6.09 Å². The van der Waals surface area contributed by atoms with E-state index in [1.165, 1.54) is 0 Å². The van der Waals surface area contributed by atoms with Crippen molar-refractivity contribution in [3.8, 4) is 5.75 Å². The fourth-order valence-corrected chi connectivity index (χ4v) is 1.24. The molecule has 0 radical (unpaired) electrons. The lowest BCUT2D eigenvalue weighted by Gasteiger charge is -2.12. The molecule has 104 valence electrons. The lowest BCUT2D eigenvalue weighted by molar-refractivity contribution is 0.147. The smallest absolute Gasteiger partial charge is 0.411 e. The highest BCUT2D eigenvalue weighted by Crippen LogP contribution is 2.23. The Bertz CT molecular complexity index is 447. The summed E-state index contributed by atoms with van der Waals surface area (Å²) in [5.74, 6) is 0.631. The van der Waals surface area contributed by atoms with Crippen molar-refractivity contribution in [2.75, 3.05) is 18.5 Å². The molecule has 6 heteroatoms. The molecule has 0 bridgehead atoms. The minimum absolute atomic E-state index is 0.0280. The van der Waals surface area contributed by atoms with Gasteiger partial charge in [0.2, 0.25) is 0 Å². The van der Waals surface area contributed by atoms with Crippen LogP contribution in [0.4, 0.5) is 10.5 Å². The first-order valence-corrected chi connectivity index (χ1v) is 5.97. The standard InChI is InChI=1S/C13H19N3O3/c1-9(2)7-19-13(17)16-10-5-3-4-6-11(10)18-8-12(14)15/h3-6,9H,7-8H2,1-2H3,(H3,14,15)(H,16,17). The maximum atomic E-state index is 11.6. The molecule has 6 nitrogen and oxygen atoms in total. The molecular weight excluding hydrogens is 246 g/mol. The van der Waals surface area contributed by atoms with Gasteiger partial charge in [-0.05, 0) is 18.1 Å². The highest BCUT2D eigenvalue weighted by atomic mass is 16.5. The molecule has 0 spiro atoms. The molecule has 0 fully saturated rings. The minimum Gasteiger partial charge on any atom is -0.484 e. The van der Waals surface area contributed by atoms with E-state index >= 15 is 0 Å².